The van der Waals surface area contributed by atoms with Crippen LogP contribution in [-0.4, -0.2) is 10.5 Å². The summed E-state index contributed by atoms with van der Waals surface area (Å²) in [5.74, 6) is 0.388. The second-order valence-electron chi connectivity index (χ2n) is 3.25. The van der Waals surface area contributed by atoms with Gasteiger partial charge in [0.2, 0.25) is 0 Å². The van der Waals surface area contributed by atoms with Crippen LogP contribution in [0.3, 0.4) is 0 Å². The minimum atomic E-state index is 0.388. The summed E-state index contributed by atoms with van der Waals surface area (Å²) in [7, 11) is 0. The van der Waals surface area contributed by atoms with E-state index in [1.54, 1.807) is 0 Å². The predicted octanol–water partition coefficient (Wildman–Crippen LogP) is 2.18. The summed E-state index contributed by atoms with van der Waals surface area (Å²) in [5.41, 5.74) is 0. The van der Waals surface area contributed by atoms with Gasteiger partial charge >= 0.3 is 0 Å². The molecule has 0 saturated carbocycles. The van der Waals surface area contributed by atoms with E-state index in [0.29, 0.717) is 5.92 Å². The van der Waals surface area contributed by atoms with Crippen LogP contribution < -0.4 is 0 Å². The van der Waals surface area contributed by atoms with Crippen LogP contribution in [0.25, 0.3) is 0 Å². The molecule has 1 nitrogen and oxygen atoms in total. The zero-order chi connectivity index (χ0) is 6.97. The van der Waals surface area contributed by atoms with Gasteiger partial charge in [-0.05, 0) is 25.7 Å². The number of thioether (sulfide) groups is 1. The van der Waals surface area contributed by atoms with E-state index >= 15 is 0 Å². The van der Waals surface area contributed by atoms with Crippen LogP contribution in [-0.2, 0) is 0 Å². The maximum absolute atomic E-state index is 8.70. The van der Waals surface area contributed by atoms with Gasteiger partial charge in [0.25, 0.3) is 0 Å². The third-order valence-corrected chi connectivity index (χ3v) is 4.10. The van der Waals surface area contributed by atoms with E-state index in [0.717, 1.165) is 23.3 Å². The molecule has 0 aliphatic carbocycles. The molecule has 2 atom stereocenters. The Morgan fingerprint density at radius 1 is 1.20 bits per heavy atom. The molecule has 0 radical (unpaired) electrons. The monoisotopic (exact) mass is 153 g/mol. The summed E-state index contributed by atoms with van der Waals surface area (Å²) in [6, 6.07) is 2.39. The van der Waals surface area contributed by atoms with Crippen molar-refractivity contribution in [1.29, 1.82) is 5.26 Å². The Bertz CT molecular complexity index is 161. The van der Waals surface area contributed by atoms with Gasteiger partial charge in [0, 0.05) is 16.4 Å². The number of nitriles is 1. The number of fused-ring (bicyclic) bond motifs is 2. The fourth-order valence-electron chi connectivity index (χ4n) is 1.96. The van der Waals surface area contributed by atoms with Gasteiger partial charge in [-0.1, -0.05) is 0 Å². The molecule has 2 heterocycles. The standard InChI is InChI=1S/C8H11NS/c9-5-6-3-7-1-2-8(4-6)10-7/h6-8H,1-4H2. The van der Waals surface area contributed by atoms with E-state index < -0.39 is 0 Å². The van der Waals surface area contributed by atoms with Gasteiger partial charge in [-0.2, -0.15) is 17.0 Å². The van der Waals surface area contributed by atoms with Gasteiger partial charge in [-0.15, -0.1) is 0 Å². The van der Waals surface area contributed by atoms with Gasteiger partial charge in [-0.3, -0.25) is 0 Å². The molecule has 0 aromatic rings. The molecular weight excluding hydrogens is 142 g/mol. The quantitative estimate of drug-likeness (QED) is 0.532. The minimum Gasteiger partial charge on any atom is -0.198 e. The van der Waals surface area contributed by atoms with Crippen molar-refractivity contribution < 1.29 is 0 Å². The van der Waals surface area contributed by atoms with Crippen LogP contribution >= 0.6 is 11.8 Å². The second kappa shape index (κ2) is 2.47. The van der Waals surface area contributed by atoms with E-state index in [4.69, 9.17) is 5.26 Å². The third kappa shape index (κ3) is 1.03. The Morgan fingerprint density at radius 2 is 1.80 bits per heavy atom. The molecule has 0 amide bonds. The summed E-state index contributed by atoms with van der Waals surface area (Å²) < 4.78 is 0. The van der Waals surface area contributed by atoms with Gasteiger partial charge in [0.1, 0.15) is 0 Å². The highest BCUT2D eigenvalue weighted by Gasteiger charge is 2.34. The summed E-state index contributed by atoms with van der Waals surface area (Å²) in [6.07, 6.45) is 5.07. The van der Waals surface area contributed by atoms with E-state index in [1.165, 1.54) is 12.8 Å². The minimum absolute atomic E-state index is 0.388. The van der Waals surface area contributed by atoms with Gasteiger partial charge < -0.3 is 0 Å². The molecule has 2 rings (SSSR count). The van der Waals surface area contributed by atoms with E-state index in [1.807, 2.05) is 0 Å². The Balaban J connectivity index is 2.04. The number of nitrogens with zero attached hydrogens (tertiary/aromatic N) is 1. The van der Waals surface area contributed by atoms with Crippen molar-refractivity contribution in [2.24, 2.45) is 5.92 Å². The number of rotatable bonds is 0. The first-order valence-corrected chi connectivity index (χ1v) is 4.88. The Morgan fingerprint density at radius 3 is 2.30 bits per heavy atom. The highest BCUT2D eigenvalue weighted by Crippen LogP contribution is 2.45. The molecule has 2 saturated heterocycles. The molecule has 0 N–H and O–H groups in total. The van der Waals surface area contributed by atoms with Crippen molar-refractivity contribution >= 4 is 11.8 Å². The highest BCUT2D eigenvalue weighted by atomic mass is 32.2. The van der Waals surface area contributed by atoms with Crippen molar-refractivity contribution in [3.05, 3.63) is 0 Å². The Hall–Kier alpha value is -0.160. The average molecular weight is 153 g/mol. The lowest BCUT2D eigenvalue weighted by Gasteiger charge is -2.21. The lowest BCUT2D eigenvalue weighted by Crippen LogP contribution is -2.15. The summed E-state index contributed by atoms with van der Waals surface area (Å²) >= 11 is 2.12. The molecule has 2 heteroatoms. The third-order valence-electron chi connectivity index (χ3n) is 2.47. The van der Waals surface area contributed by atoms with Crippen molar-refractivity contribution in [2.75, 3.05) is 0 Å². The maximum Gasteiger partial charge on any atom is 0.0656 e. The Kier molecular flexibility index (Phi) is 1.61. The molecule has 10 heavy (non-hydrogen) atoms. The first-order valence-electron chi connectivity index (χ1n) is 3.93. The van der Waals surface area contributed by atoms with Gasteiger partial charge in [-0.25, -0.2) is 0 Å². The maximum atomic E-state index is 8.70. The smallest absolute Gasteiger partial charge is 0.0656 e. The molecule has 2 bridgehead atoms. The molecule has 0 aromatic heterocycles. The predicted molar refractivity (Wildman–Crippen MR) is 42.7 cm³/mol. The lowest BCUT2D eigenvalue weighted by molar-refractivity contribution is 0.562. The zero-order valence-electron chi connectivity index (χ0n) is 5.92. The molecule has 2 aliphatic heterocycles. The van der Waals surface area contributed by atoms with Crippen LogP contribution in [0, 0.1) is 17.2 Å². The average Bonchev–Trinajstić information content (AvgIpc) is 2.30. The molecule has 54 valence electrons. The Labute approximate surface area is 65.8 Å². The van der Waals surface area contributed by atoms with Crippen molar-refractivity contribution in [1.82, 2.24) is 0 Å². The fourth-order valence-corrected chi connectivity index (χ4v) is 3.74. The highest BCUT2D eigenvalue weighted by molar-refractivity contribution is 8.00. The largest absolute Gasteiger partial charge is 0.198 e. The van der Waals surface area contributed by atoms with Gasteiger partial charge in [0.15, 0.2) is 0 Å². The van der Waals surface area contributed by atoms with Crippen LogP contribution in [0.15, 0.2) is 0 Å². The molecule has 2 unspecified atom stereocenters. The van der Waals surface area contributed by atoms with Crippen LogP contribution in [0.4, 0.5) is 0 Å². The fraction of sp³-hybridized carbons (Fsp3) is 0.875. The molecule has 2 fully saturated rings. The molecule has 0 aromatic carbocycles. The van der Waals surface area contributed by atoms with Crippen LogP contribution in [0.5, 0.6) is 0 Å². The molecule has 0 spiro atoms. The van der Waals surface area contributed by atoms with Crippen molar-refractivity contribution in [3.63, 3.8) is 0 Å². The SMILES string of the molecule is N#CC1CC2CCC(C1)S2. The molecular formula is C8H11NS. The van der Waals surface area contributed by atoms with E-state index in [-0.39, 0.29) is 0 Å². The normalized spacial score (nSPS) is 44.9. The van der Waals surface area contributed by atoms with Crippen molar-refractivity contribution in [2.45, 2.75) is 36.2 Å². The number of hydrogen-bond donors (Lipinski definition) is 0. The summed E-state index contributed by atoms with van der Waals surface area (Å²) in [4.78, 5) is 0. The first-order chi connectivity index (χ1) is 4.88. The topological polar surface area (TPSA) is 23.8 Å². The van der Waals surface area contributed by atoms with Crippen LogP contribution in [0.1, 0.15) is 25.7 Å². The first kappa shape index (κ1) is 6.54. The molecule has 2 aliphatic rings. The summed E-state index contributed by atoms with van der Waals surface area (Å²) in [6.45, 7) is 0. The van der Waals surface area contributed by atoms with Crippen LogP contribution in [0.2, 0.25) is 0 Å². The lowest BCUT2D eigenvalue weighted by atomic mass is 10.0. The number of hydrogen-bond acceptors (Lipinski definition) is 2. The second-order valence-corrected chi connectivity index (χ2v) is 4.86. The zero-order valence-corrected chi connectivity index (χ0v) is 6.73. The summed E-state index contributed by atoms with van der Waals surface area (Å²) in [5, 5.41) is 10.4. The van der Waals surface area contributed by atoms with E-state index in [2.05, 4.69) is 17.8 Å². The van der Waals surface area contributed by atoms with Gasteiger partial charge in [0.05, 0.1) is 6.07 Å². The van der Waals surface area contributed by atoms with E-state index in [9.17, 15) is 0 Å². The van der Waals surface area contributed by atoms with Crippen molar-refractivity contribution in [3.8, 4) is 6.07 Å².